The summed E-state index contributed by atoms with van der Waals surface area (Å²) in [7, 11) is -3.47. The number of sulfone groups is 1. The molecule has 0 bridgehead atoms. The van der Waals surface area contributed by atoms with E-state index in [1.165, 1.54) is 16.0 Å². The molecule has 0 fully saturated rings. The minimum Gasteiger partial charge on any atom is -0.394 e. The summed E-state index contributed by atoms with van der Waals surface area (Å²) in [5.41, 5.74) is 6.14. The number of nitrogens with zero attached hydrogens (tertiary/aromatic N) is 2. The van der Waals surface area contributed by atoms with Crippen LogP contribution in [0.25, 0.3) is 10.6 Å². The molecule has 0 saturated carbocycles. The Balaban J connectivity index is 2.69. The molecule has 0 aliphatic rings. The second kappa shape index (κ2) is 4.71. The van der Waals surface area contributed by atoms with Crippen LogP contribution in [-0.2, 0) is 16.4 Å². The molecule has 2 aromatic heterocycles. The predicted octanol–water partition coefficient (Wildman–Crippen LogP) is 0.590. The van der Waals surface area contributed by atoms with Gasteiger partial charge in [-0.25, -0.2) is 13.1 Å². The number of nitrogen functional groups attached to an aromatic ring is 1. The Hall–Kier alpha value is -1.38. The Morgan fingerprint density at radius 3 is 2.78 bits per heavy atom. The second-order valence-corrected chi connectivity index (χ2v) is 6.66. The summed E-state index contributed by atoms with van der Waals surface area (Å²) in [6.45, 7) is 0.0126. The molecule has 0 amide bonds. The number of aliphatic hydroxyl groups excluding tert-OH is 1. The zero-order valence-corrected chi connectivity index (χ0v) is 11.3. The first kappa shape index (κ1) is 13.1. The van der Waals surface area contributed by atoms with Gasteiger partial charge < -0.3 is 10.8 Å². The molecular formula is C10H13N3O3S2. The topological polar surface area (TPSA) is 98.2 Å². The number of nitrogens with two attached hydrogens (primary N) is 1. The van der Waals surface area contributed by atoms with E-state index in [9.17, 15) is 8.42 Å². The first-order valence-corrected chi connectivity index (χ1v) is 7.93. The van der Waals surface area contributed by atoms with Gasteiger partial charge in [0.2, 0.25) is 0 Å². The maximum absolute atomic E-state index is 11.8. The molecule has 0 atom stereocenters. The highest BCUT2D eigenvalue weighted by Gasteiger charge is 2.25. The summed E-state index contributed by atoms with van der Waals surface area (Å²) >= 11 is 1.39. The highest BCUT2D eigenvalue weighted by atomic mass is 32.2. The largest absolute Gasteiger partial charge is 0.394 e. The SMILES string of the molecule is CS(=O)(=O)c1c(-c2cccs2)nn(CCO)c1N. The fourth-order valence-corrected chi connectivity index (χ4v) is 3.43. The van der Waals surface area contributed by atoms with Crippen molar-refractivity contribution in [1.29, 1.82) is 0 Å². The molecule has 8 heteroatoms. The zero-order chi connectivity index (χ0) is 13.3. The molecule has 0 aliphatic heterocycles. The Morgan fingerprint density at radius 1 is 1.56 bits per heavy atom. The number of thiophene rings is 1. The molecule has 2 aromatic rings. The van der Waals surface area contributed by atoms with Gasteiger partial charge in [0.15, 0.2) is 9.84 Å². The third kappa shape index (κ3) is 2.26. The van der Waals surface area contributed by atoms with E-state index >= 15 is 0 Å². The van der Waals surface area contributed by atoms with Crippen LogP contribution in [0.4, 0.5) is 5.82 Å². The van der Waals surface area contributed by atoms with E-state index in [1.54, 1.807) is 6.07 Å². The lowest BCUT2D eigenvalue weighted by atomic mass is 10.3. The minimum absolute atomic E-state index is 0.0263. The first-order valence-electron chi connectivity index (χ1n) is 5.16. The van der Waals surface area contributed by atoms with E-state index in [4.69, 9.17) is 10.8 Å². The van der Waals surface area contributed by atoms with Gasteiger partial charge in [-0.1, -0.05) is 6.07 Å². The summed E-state index contributed by atoms with van der Waals surface area (Å²) < 4.78 is 24.9. The van der Waals surface area contributed by atoms with Crippen molar-refractivity contribution in [3.8, 4) is 10.6 Å². The number of hydrogen-bond acceptors (Lipinski definition) is 6. The molecule has 3 N–H and O–H groups in total. The van der Waals surface area contributed by atoms with E-state index in [2.05, 4.69) is 5.10 Å². The minimum atomic E-state index is -3.47. The molecule has 18 heavy (non-hydrogen) atoms. The lowest BCUT2D eigenvalue weighted by Gasteiger charge is -2.01. The van der Waals surface area contributed by atoms with Crippen molar-refractivity contribution in [3.63, 3.8) is 0 Å². The van der Waals surface area contributed by atoms with Crippen molar-refractivity contribution in [2.24, 2.45) is 0 Å². The quantitative estimate of drug-likeness (QED) is 0.857. The average Bonchev–Trinajstić information content (AvgIpc) is 2.86. The van der Waals surface area contributed by atoms with Crippen LogP contribution < -0.4 is 5.73 Å². The van der Waals surface area contributed by atoms with Gasteiger partial charge in [0.25, 0.3) is 0 Å². The summed E-state index contributed by atoms with van der Waals surface area (Å²) in [6.07, 6.45) is 1.10. The Bertz CT molecular complexity index is 644. The molecular weight excluding hydrogens is 274 g/mol. The van der Waals surface area contributed by atoms with E-state index < -0.39 is 9.84 Å². The number of rotatable bonds is 4. The number of aliphatic hydroxyl groups is 1. The maximum Gasteiger partial charge on any atom is 0.181 e. The van der Waals surface area contributed by atoms with Crippen molar-refractivity contribution >= 4 is 27.0 Å². The van der Waals surface area contributed by atoms with Crippen molar-refractivity contribution in [2.75, 3.05) is 18.6 Å². The van der Waals surface area contributed by atoms with Crippen LogP contribution in [0.3, 0.4) is 0 Å². The molecule has 2 heterocycles. The normalized spacial score (nSPS) is 11.9. The summed E-state index contributed by atoms with van der Waals surface area (Å²) in [5, 5.41) is 14.9. The smallest absolute Gasteiger partial charge is 0.181 e. The molecule has 0 aliphatic carbocycles. The van der Waals surface area contributed by atoms with Gasteiger partial charge in [0.05, 0.1) is 18.0 Å². The third-order valence-corrected chi connectivity index (χ3v) is 4.40. The number of hydrogen-bond donors (Lipinski definition) is 2. The fraction of sp³-hybridized carbons (Fsp3) is 0.300. The monoisotopic (exact) mass is 287 g/mol. The van der Waals surface area contributed by atoms with E-state index in [1.807, 2.05) is 11.4 Å². The molecule has 6 nitrogen and oxygen atoms in total. The van der Waals surface area contributed by atoms with E-state index in [0.717, 1.165) is 11.1 Å². The van der Waals surface area contributed by atoms with Crippen molar-refractivity contribution < 1.29 is 13.5 Å². The molecule has 2 rings (SSSR count). The molecule has 0 aromatic carbocycles. The Morgan fingerprint density at radius 2 is 2.28 bits per heavy atom. The highest BCUT2D eigenvalue weighted by molar-refractivity contribution is 7.91. The van der Waals surface area contributed by atoms with Gasteiger partial charge in [-0.05, 0) is 11.4 Å². The standard InChI is InChI=1S/C10H13N3O3S2/c1-18(15,16)9-8(7-3-2-6-17-7)12-13(4-5-14)10(9)11/h2-3,6,14H,4-5,11H2,1H3. The lowest BCUT2D eigenvalue weighted by molar-refractivity contribution is 0.270. The molecule has 0 unspecified atom stereocenters. The van der Waals surface area contributed by atoms with Crippen molar-refractivity contribution in [2.45, 2.75) is 11.4 Å². The molecule has 0 saturated heterocycles. The molecule has 98 valence electrons. The highest BCUT2D eigenvalue weighted by Crippen LogP contribution is 2.33. The van der Waals surface area contributed by atoms with E-state index in [-0.39, 0.29) is 23.9 Å². The molecule has 0 spiro atoms. The summed E-state index contributed by atoms with van der Waals surface area (Å²) in [5.74, 6) is 0.0648. The van der Waals surface area contributed by atoms with Crippen molar-refractivity contribution in [1.82, 2.24) is 9.78 Å². The van der Waals surface area contributed by atoms with Gasteiger partial charge in [-0.3, -0.25) is 0 Å². The number of anilines is 1. The lowest BCUT2D eigenvalue weighted by Crippen LogP contribution is -2.09. The maximum atomic E-state index is 11.8. The second-order valence-electron chi connectivity index (χ2n) is 3.76. The van der Waals surface area contributed by atoms with Crippen LogP contribution in [0.1, 0.15) is 0 Å². The van der Waals surface area contributed by atoms with Crippen LogP contribution in [0.2, 0.25) is 0 Å². The van der Waals surface area contributed by atoms with Gasteiger partial charge in [0, 0.05) is 6.26 Å². The summed E-state index contributed by atoms with van der Waals surface area (Å²) in [4.78, 5) is 0.761. The van der Waals surface area contributed by atoms with Gasteiger partial charge in [-0.2, -0.15) is 5.10 Å². The van der Waals surface area contributed by atoms with Crippen LogP contribution in [0, 0.1) is 0 Å². The summed E-state index contributed by atoms with van der Waals surface area (Å²) in [6, 6.07) is 3.59. The van der Waals surface area contributed by atoms with Crippen LogP contribution in [0.5, 0.6) is 0 Å². The fourth-order valence-electron chi connectivity index (χ4n) is 1.66. The van der Waals surface area contributed by atoms with Gasteiger partial charge in [-0.15, -0.1) is 11.3 Å². The Kier molecular flexibility index (Phi) is 3.42. The van der Waals surface area contributed by atoms with Gasteiger partial charge >= 0.3 is 0 Å². The Labute approximate surface area is 109 Å². The number of aromatic nitrogens is 2. The van der Waals surface area contributed by atoms with E-state index in [0.29, 0.717) is 5.69 Å². The zero-order valence-electron chi connectivity index (χ0n) is 9.70. The van der Waals surface area contributed by atoms with Crippen LogP contribution in [0.15, 0.2) is 22.4 Å². The third-order valence-electron chi connectivity index (χ3n) is 2.38. The van der Waals surface area contributed by atoms with Crippen molar-refractivity contribution in [3.05, 3.63) is 17.5 Å². The van der Waals surface area contributed by atoms with Crippen LogP contribution >= 0.6 is 11.3 Å². The van der Waals surface area contributed by atoms with Gasteiger partial charge in [0.1, 0.15) is 16.4 Å². The van der Waals surface area contributed by atoms with Crippen LogP contribution in [-0.4, -0.2) is 36.2 Å². The molecule has 0 radical (unpaired) electrons. The average molecular weight is 287 g/mol. The predicted molar refractivity (Wildman–Crippen MR) is 70.1 cm³/mol. The first-order chi connectivity index (χ1) is 8.45.